The molecule has 0 spiro atoms. The van der Waals surface area contributed by atoms with Gasteiger partial charge in [-0.3, -0.25) is 9.78 Å². The predicted molar refractivity (Wildman–Crippen MR) is 104 cm³/mol. The molecule has 0 atom stereocenters. The number of rotatable bonds is 6. The van der Waals surface area contributed by atoms with E-state index in [-0.39, 0.29) is 12.5 Å². The first-order valence-corrected chi connectivity index (χ1v) is 9.39. The number of hydrogen-bond acceptors (Lipinski definition) is 7. The maximum Gasteiger partial charge on any atom is 0.256 e. The molecule has 1 aliphatic rings. The lowest BCUT2D eigenvalue weighted by Gasteiger charge is -2.32. The summed E-state index contributed by atoms with van der Waals surface area (Å²) >= 11 is 0. The molecule has 0 radical (unpaired) electrons. The normalized spacial score (nSPS) is 15.8. The largest absolute Gasteiger partial charge is 0.471 e. The van der Waals surface area contributed by atoms with Crippen molar-refractivity contribution >= 4 is 23.2 Å². The molecule has 8 nitrogen and oxygen atoms in total. The van der Waals surface area contributed by atoms with Crippen LogP contribution in [0.15, 0.2) is 41.1 Å². The van der Waals surface area contributed by atoms with Crippen molar-refractivity contribution in [2.75, 3.05) is 13.2 Å². The molecule has 4 rings (SSSR count). The van der Waals surface area contributed by atoms with E-state index in [0.717, 1.165) is 12.0 Å². The van der Waals surface area contributed by atoms with Crippen LogP contribution < -0.4 is 10.1 Å². The van der Waals surface area contributed by atoms with Crippen LogP contribution in [0.4, 0.5) is 0 Å². The zero-order valence-electron chi connectivity index (χ0n) is 16.0. The molecule has 1 amide bonds. The summed E-state index contributed by atoms with van der Waals surface area (Å²) in [5, 5.41) is 3.46. The molecular formula is C21H21N3O5. The zero-order valence-corrected chi connectivity index (χ0v) is 16.0. The van der Waals surface area contributed by atoms with E-state index in [2.05, 4.69) is 15.3 Å². The van der Waals surface area contributed by atoms with E-state index in [1.165, 1.54) is 6.20 Å². The number of nitrogens with one attached hydrogen (secondary N) is 1. The Morgan fingerprint density at radius 2 is 2.14 bits per heavy atom. The van der Waals surface area contributed by atoms with Crippen molar-refractivity contribution in [2.45, 2.75) is 31.9 Å². The molecule has 150 valence electrons. The molecule has 1 saturated heterocycles. The van der Waals surface area contributed by atoms with Gasteiger partial charge < -0.3 is 24.0 Å². The summed E-state index contributed by atoms with van der Waals surface area (Å²) in [4.78, 5) is 33.1. The Kier molecular flexibility index (Phi) is 5.26. The molecule has 29 heavy (non-hydrogen) atoms. The molecule has 0 saturated carbocycles. The Bertz CT molecular complexity index is 1030. The molecule has 4 heterocycles. The Hall–Kier alpha value is -3.26. The monoisotopic (exact) mass is 395 g/mol. The van der Waals surface area contributed by atoms with Crippen molar-refractivity contribution < 1.29 is 23.5 Å². The summed E-state index contributed by atoms with van der Waals surface area (Å²) < 4.78 is 16.7. The highest BCUT2D eigenvalue weighted by molar-refractivity contribution is 6.08. The topological polar surface area (TPSA) is 104 Å². The maximum absolute atomic E-state index is 13.0. The first-order valence-electron chi connectivity index (χ1n) is 9.39. The lowest BCUT2D eigenvalue weighted by atomic mass is 9.91. The third kappa shape index (κ3) is 3.97. The minimum absolute atomic E-state index is 0.256. The van der Waals surface area contributed by atoms with Gasteiger partial charge in [0.25, 0.3) is 5.91 Å². The molecule has 0 unspecified atom stereocenters. The van der Waals surface area contributed by atoms with Gasteiger partial charge in [-0.2, -0.15) is 0 Å². The van der Waals surface area contributed by atoms with E-state index in [1.807, 2.05) is 18.2 Å². The smallest absolute Gasteiger partial charge is 0.256 e. The second kappa shape index (κ2) is 8.00. The van der Waals surface area contributed by atoms with Gasteiger partial charge in [-0.1, -0.05) is 6.07 Å². The van der Waals surface area contributed by atoms with Crippen LogP contribution >= 0.6 is 0 Å². The van der Waals surface area contributed by atoms with Crippen molar-refractivity contribution in [2.24, 2.45) is 0 Å². The van der Waals surface area contributed by atoms with Crippen molar-refractivity contribution in [1.82, 2.24) is 15.3 Å². The molecule has 3 aromatic rings. The maximum atomic E-state index is 13.0. The Balaban J connectivity index is 1.59. The van der Waals surface area contributed by atoms with Crippen molar-refractivity contribution in [3.8, 4) is 5.88 Å². The Morgan fingerprint density at radius 3 is 2.86 bits per heavy atom. The van der Waals surface area contributed by atoms with Gasteiger partial charge in [0.05, 0.1) is 17.5 Å². The van der Waals surface area contributed by atoms with E-state index >= 15 is 0 Å². The molecule has 0 aliphatic carbocycles. The number of pyridine rings is 2. The summed E-state index contributed by atoms with van der Waals surface area (Å²) in [6.07, 6.45) is 4.90. The summed E-state index contributed by atoms with van der Waals surface area (Å²) in [6.45, 7) is 2.83. The number of aryl methyl sites for hydroxylation is 1. The van der Waals surface area contributed by atoms with Crippen LogP contribution in [0.1, 0.15) is 34.7 Å². The number of ether oxygens (including phenoxy) is 2. The number of fused-ring (bicyclic) bond motifs is 1. The van der Waals surface area contributed by atoms with Gasteiger partial charge in [-0.15, -0.1) is 0 Å². The minimum atomic E-state index is -0.920. The second-order valence-electron chi connectivity index (χ2n) is 7.00. The van der Waals surface area contributed by atoms with E-state index in [1.54, 1.807) is 19.2 Å². The fraction of sp³-hybridized carbons (Fsp3) is 0.333. The number of aldehydes is 1. The lowest BCUT2D eigenvalue weighted by Crippen LogP contribution is -2.53. The van der Waals surface area contributed by atoms with Crippen molar-refractivity contribution in [3.63, 3.8) is 0 Å². The average molecular weight is 395 g/mol. The van der Waals surface area contributed by atoms with E-state index in [4.69, 9.17) is 13.9 Å². The van der Waals surface area contributed by atoms with Crippen LogP contribution in [-0.2, 0) is 16.1 Å². The fourth-order valence-electron chi connectivity index (χ4n) is 3.40. The molecule has 0 bridgehead atoms. The molecular weight excluding hydrogens is 374 g/mol. The van der Waals surface area contributed by atoms with Crippen LogP contribution in [0, 0.1) is 6.92 Å². The molecule has 8 heteroatoms. The highest BCUT2D eigenvalue weighted by Gasteiger charge is 2.35. The van der Waals surface area contributed by atoms with Crippen LogP contribution in [0.2, 0.25) is 0 Å². The van der Waals surface area contributed by atoms with E-state index in [9.17, 15) is 9.59 Å². The van der Waals surface area contributed by atoms with Gasteiger partial charge in [0.1, 0.15) is 24.2 Å². The highest BCUT2D eigenvalue weighted by Crippen LogP contribution is 2.29. The predicted octanol–water partition coefficient (Wildman–Crippen LogP) is 2.59. The van der Waals surface area contributed by atoms with Gasteiger partial charge in [0.2, 0.25) is 5.88 Å². The van der Waals surface area contributed by atoms with Gasteiger partial charge >= 0.3 is 0 Å². The van der Waals surface area contributed by atoms with E-state index < -0.39 is 5.54 Å². The molecule has 1 aliphatic heterocycles. The summed E-state index contributed by atoms with van der Waals surface area (Å²) in [5.41, 5.74) is 0.697. The molecule has 0 aromatic carbocycles. The van der Waals surface area contributed by atoms with Crippen LogP contribution in [0.5, 0.6) is 5.88 Å². The SMILES string of the molecule is Cc1oc2cnc(OCc3ccccn3)cc2c1C(=O)NC1(C=O)CCOCC1. The van der Waals surface area contributed by atoms with Gasteiger partial charge in [-0.25, -0.2) is 4.98 Å². The standard InChI is InChI=1S/C21H21N3O5/c1-14-19(20(26)24-21(13-25)5-8-27-9-6-21)16-10-18(23-11-17(16)29-14)28-12-15-4-2-3-7-22-15/h2-4,7,10-11,13H,5-6,8-9,12H2,1H3,(H,24,26). The average Bonchev–Trinajstić information content (AvgIpc) is 3.08. The summed E-state index contributed by atoms with van der Waals surface area (Å²) in [6, 6.07) is 7.23. The molecule has 3 aromatic heterocycles. The zero-order chi connectivity index (χ0) is 20.3. The van der Waals surface area contributed by atoms with E-state index in [0.29, 0.717) is 54.2 Å². The van der Waals surface area contributed by atoms with Gasteiger partial charge in [0.15, 0.2) is 5.58 Å². The number of hydrogen-bond donors (Lipinski definition) is 1. The number of furan rings is 1. The van der Waals surface area contributed by atoms with Crippen LogP contribution in [0.3, 0.4) is 0 Å². The quantitative estimate of drug-likeness (QED) is 0.640. The molecule has 1 N–H and O–H groups in total. The van der Waals surface area contributed by atoms with Crippen LogP contribution in [0.25, 0.3) is 11.0 Å². The number of amides is 1. The number of carbonyl (C=O) groups excluding carboxylic acids is 2. The highest BCUT2D eigenvalue weighted by atomic mass is 16.5. The first-order chi connectivity index (χ1) is 14.1. The minimum Gasteiger partial charge on any atom is -0.471 e. The van der Waals surface area contributed by atoms with Gasteiger partial charge in [-0.05, 0) is 19.1 Å². The summed E-state index contributed by atoms with van der Waals surface area (Å²) in [5.74, 6) is 0.445. The number of aromatic nitrogens is 2. The fourth-order valence-corrected chi connectivity index (χ4v) is 3.40. The lowest BCUT2D eigenvalue weighted by molar-refractivity contribution is -0.116. The molecule has 1 fully saturated rings. The third-order valence-electron chi connectivity index (χ3n) is 5.02. The van der Waals surface area contributed by atoms with Crippen LogP contribution in [-0.4, -0.2) is 40.9 Å². The Labute approximate surface area is 167 Å². The Morgan fingerprint density at radius 1 is 1.31 bits per heavy atom. The first kappa shape index (κ1) is 19.1. The summed E-state index contributed by atoms with van der Waals surface area (Å²) in [7, 11) is 0. The number of carbonyl (C=O) groups is 2. The van der Waals surface area contributed by atoms with Crippen molar-refractivity contribution in [1.29, 1.82) is 0 Å². The number of nitrogens with zero attached hydrogens (tertiary/aromatic N) is 2. The second-order valence-corrected chi connectivity index (χ2v) is 7.00. The van der Waals surface area contributed by atoms with Gasteiger partial charge in [0, 0.05) is 43.7 Å². The van der Waals surface area contributed by atoms with Crippen molar-refractivity contribution in [3.05, 3.63) is 53.7 Å². The third-order valence-corrected chi connectivity index (χ3v) is 5.02.